The lowest BCUT2D eigenvalue weighted by Crippen LogP contribution is -2.36. The van der Waals surface area contributed by atoms with E-state index in [0.29, 0.717) is 42.0 Å². The van der Waals surface area contributed by atoms with Crippen LogP contribution in [0.5, 0.6) is 5.88 Å². The Bertz CT molecular complexity index is 1210. The van der Waals surface area contributed by atoms with E-state index < -0.39 is 5.60 Å². The van der Waals surface area contributed by atoms with Crippen molar-refractivity contribution in [3.63, 3.8) is 0 Å². The van der Waals surface area contributed by atoms with Crippen LogP contribution in [0, 0.1) is 0 Å². The molecule has 0 saturated heterocycles. The topological polar surface area (TPSA) is 86.2 Å². The summed E-state index contributed by atoms with van der Waals surface area (Å²) in [6.07, 6.45) is 9.59. The highest BCUT2D eigenvalue weighted by atomic mass is 32.2. The number of cyclic esters (lactones) is 1. The molecule has 7 nitrogen and oxygen atoms in total. The van der Waals surface area contributed by atoms with E-state index in [9.17, 15) is 4.79 Å². The van der Waals surface area contributed by atoms with Crippen molar-refractivity contribution in [2.24, 2.45) is 0 Å². The Kier molecular flexibility index (Phi) is 7.79. The molecule has 1 N–H and O–H groups in total. The van der Waals surface area contributed by atoms with Crippen LogP contribution in [0.1, 0.15) is 74.5 Å². The number of pyridine rings is 3. The van der Waals surface area contributed by atoms with Crippen molar-refractivity contribution >= 4 is 40.1 Å². The molecule has 0 fully saturated rings. The van der Waals surface area contributed by atoms with E-state index in [1.807, 2.05) is 44.1 Å². The van der Waals surface area contributed by atoms with Crippen LogP contribution in [-0.4, -0.2) is 45.1 Å². The second kappa shape index (κ2) is 10.8. The van der Waals surface area contributed by atoms with Gasteiger partial charge in [0.2, 0.25) is 5.88 Å². The number of esters is 1. The quantitative estimate of drug-likeness (QED) is 0.260. The minimum atomic E-state index is -0.569. The predicted octanol–water partition coefficient (Wildman–Crippen LogP) is 6.30. The zero-order valence-corrected chi connectivity index (χ0v) is 22.0. The summed E-state index contributed by atoms with van der Waals surface area (Å²) in [6.45, 7) is 8.86. The standard InChI is InChI=1S/C27H34N4O3S/c1-6-8-17(2)20-15-29-25(33-11-7-12-35-5)21-16-28-24(13-19(20)21)31-23-10-9-18-22(30-23)14-27(3,4)34-26(18)32/h9-10,13,15-17H,6-8,11-12,14H2,1-5H3,(H,28,30,31). The number of hydrogen-bond donors (Lipinski definition) is 1. The van der Waals surface area contributed by atoms with Gasteiger partial charge in [0.05, 0.1) is 23.3 Å². The van der Waals surface area contributed by atoms with E-state index in [0.717, 1.165) is 41.5 Å². The third-order valence-electron chi connectivity index (χ3n) is 6.16. The number of ether oxygens (including phenoxy) is 2. The van der Waals surface area contributed by atoms with E-state index in [2.05, 4.69) is 35.4 Å². The summed E-state index contributed by atoms with van der Waals surface area (Å²) in [5.74, 6) is 3.05. The molecule has 0 aromatic carbocycles. The van der Waals surface area contributed by atoms with Crippen LogP contribution >= 0.6 is 11.8 Å². The van der Waals surface area contributed by atoms with Crippen LogP contribution in [0.15, 0.2) is 30.6 Å². The molecule has 35 heavy (non-hydrogen) atoms. The summed E-state index contributed by atoms with van der Waals surface area (Å²) in [6, 6.07) is 5.60. The summed E-state index contributed by atoms with van der Waals surface area (Å²) >= 11 is 1.81. The molecule has 186 valence electrons. The van der Waals surface area contributed by atoms with Gasteiger partial charge in [-0.15, -0.1) is 0 Å². The van der Waals surface area contributed by atoms with Crippen molar-refractivity contribution < 1.29 is 14.3 Å². The Morgan fingerprint density at radius 3 is 2.80 bits per heavy atom. The van der Waals surface area contributed by atoms with Crippen LogP contribution in [0.2, 0.25) is 0 Å². The van der Waals surface area contributed by atoms with Crippen molar-refractivity contribution in [1.29, 1.82) is 0 Å². The fourth-order valence-electron chi connectivity index (χ4n) is 4.44. The van der Waals surface area contributed by atoms with E-state index in [4.69, 9.17) is 14.5 Å². The van der Waals surface area contributed by atoms with E-state index in [-0.39, 0.29) is 5.97 Å². The fraction of sp³-hybridized carbons (Fsp3) is 0.481. The molecule has 0 amide bonds. The first-order valence-corrected chi connectivity index (χ1v) is 13.6. The minimum Gasteiger partial charge on any atom is -0.477 e. The molecule has 4 rings (SSSR count). The Balaban J connectivity index is 1.66. The number of carbonyl (C=O) groups excluding carboxylic acids is 1. The van der Waals surface area contributed by atoms with Crippen molar-refractivity contribution in [2.75, 3.05) is 23.9 Å². The molecule has 1 atom stereocenters. The van der Waals surface area contributed by atoms with Crippen molar-refractivity contribution in [1.82, 2.24) is 15.0 Å². The van der Waals surface area contributed by atoms with Gasteiger partial charge in [-0.05, 0) is 73.8 Å². The van der Waals surface area contributed by atoms with Gasteiger partial charge in [-0.1, -0.05) is 20.3 Å². The SMILES string of the molecule is CCCC(C)c1cnc(OCCCSC)c2cnc(Nc3ccc4c(n3)CC(C)(C)OC4=O)cc12. The first-order chi connectivity index (χ1) is 16.8. The van der Waals surface area contributed by atoms with E-state index in [1.165, 1.54) is 5.56 Å². The number of nitrogens with zero attached hydrogens (tertiary/aromatic N) is 3. The molecule has 0 bridgehead atoms. The molecule has 3 aromatic rings. The second-order valence-corrected chi connectivity index (χ2v) is 10.6. The number of hydrogen-bond acceptors (Lipinski definition) is 8. The monoisotopic (exact) mass is 494 g/mol. The highest BCUT2D eigenvalue weighted by molar-refractivity contribution is 7.98. The molecular formula is C27H34N4O3S. The predicted molar refractivity (Wildman–Crippen MR) is 142 cm³/mol. The zero-order chi connectivity index (χ0) is 25.0. The average Bonchev–Trinajstić information content (AvgIpc) is 2.80. The lowest BCUT2D eigenvalue weighted by Gasteiger charge is -2.30. The molecule has 3 aromatic heterocycles. The van der Waals surface area contributed by atoms with Crippen LogP contribution in [0.25, 0.3) is 10.8 Å². The van der Waals surface area contributed by atoms with Crippen LogP contribution in [0.3, 0.4) is 0 Å². The molecule has 0 radical (unpaired) electrons. The van der Waals surface area contributed by atoms with Gasteiger partial charge < -0.3 is 14.8 Å². The third kappa shape index (κ3) is 5.86. The zero-order valence-electron chi connectivity index (χ0n) is 21.2. The average molecular weight is 495 g/mol. The van der Waals surface area contributed by atoms with Gasteiger partial charge in [-0.25, -0.2) is 19.7 Å². The maximum absolute atomic E-state index is 12.3. The third-order valence-corrected chi connectivity index (χ3v) is 6.86. The van der Waals surface area contributed by atoms with Crippen molar-refractivity contribution in [3.8, 4) is 5.88 Å². The normalized spacial score (nSPS) is 15.4. The second-order valence-electron chi connectivity index (χ2n) is 9.66. The van der Waals surface area contributed by atoms with Crippen LogP contribution < -0.4 is 10.1 Å². The first kappa shape index (κ1) is 25.2. The smallest absolute Gasteiger partial charge is 0.340 e. The van der Waals surface area contributed by atoms with Crippen LogP contribution in [-0.2, 0) is 11.2 Å². The molecule has 0 saturated carbocycles. The summed E-state index contributed by atoms with van der Waals surface area (Å²) in [5, 5.41) is 5.33. The minimum absolute atomic E-state index is 0.328. The summed E-state index contributed by atoms with van der Waals surface area (Å²) in [4.78, 5) is 26.3. The van der Waals surface area contributed by atoms with E-state index >= 15 is 0 Å². The molecule has 1 unspecified atom stereocenters. The van der Waals surface area contributed by atoms with Gasteiger partial charge in [0, 0.05) is 18.8 Å². The Labute approximate surface area is 211 Å². The summed E-state index contributed by atoms with van der Waals surface area (Å²) in [7, 11) is 0. The number of aromatic nitrogens is 3. The largest absolute Gasteiger partial charge is 0.477 e. The lowest BCUT2D eigenvalue weighted by atomic mass is 9.94. The fourth-order valence-corrected chi connectivity index (χ4v) is 4.84. The first-order valence-electron chi connectivity index (χ1n) is 12.2. The Morgan fingerprint density at radius 2 is 2.03 bits per heavy atom. The van der Waals surface area contributed by atoms with Crippen LogP contribution in [0.4, 0.5) is 11.6 Å². The number of fused-ring (bicyclic) bond motifs is 2. The Hall–Kier alpha value is -2.87. The van der Waals surface area contributed by atoms with Gasteiger partial charge in [0.1, 0.15) is 17.2 Å². The number of thioether (sulfide) groups is 1. The molecule has 8 heteroatoms. The van der Waals surface area contributed by atoms with Crippen molar-refractivity contribution in [2.45, 2.75) is 64.9 Å². The summed E-state index contributed by atoms with van der Waals surface area (Å²) in [5.41, 5.74) is 1.87. The summed E-state index contributed by atoms with van der Waals surface area (Å²) < 4.78 is 11.5. The highest BCUT2D eigenvalue weighted by Gasteiger charge is 2.33. The molecule has 4 heterocycles. The number of rotatable bonds is 10. The van der Waals surface area contributed by atoms with Gasteiger partial charge >= 0.3 is 5.97 Å². The molecule has 1 aliphatic rings. The van der Waals surface area contributed by atoms with Gasteiger partial charge in [0.25, 0.3) is 0 Å². The number of nitrogens with one attached hydrogen (secondary N) is 1. The van der Waals surface area contributed by atoms with Crippen molar-refractivity contribution in [3.05, 3.63) is 47.4 Å². The highest BCUT2D eigenvalue weighted by Crippen LogP contribution is 2.34. The number of carbonyl (C=O) groups is 1. The molecule has 0 aliphatic carbocycles. The molecular weight excluding hydrogens is 460 g/mol. The maximum Gasteiger partial charge on any atom is 0.340 e. The van der Waals surface area contributed by atoms with Gasteiger partial charge in [-0.3, -0.25) is 0 Å². The van der Waals surface area contributed by atoms with Gasteiger partial charge in [-0.2, -0.15) is 11.8 Å². The van der Waals surface area contributed by atoms with E-state index in [1.54, 1.807) is 12.1 Å². The molecule has 1 aliphatic heterocycles. The number of anilines is 2. The van der Waals surface area contributed by atoms with Gasteiger partial charge in [0.15, 0.2) is 0 Å². The maximum atomic E-state index is 12.3. The lowest BCUT2D eigenvalue weighted by molar-refractivity contribution is -0.00714. The Morgan fingerprint density at radius 1 is 1.20 bits per heavy atom. The molecule has 0 spiro atoms.